The minimum absolute atomic E-state index is 0.0390. The molecule has 0 aliphatic heterocycles. The highest BCUT2D eigenvalue weighted by Gasteiger charge is 2.18. The number of halogens is 2. The van der Waals surface area contributed by atoms with E-state index in [1.54, 1.807) is 18.3 Å². The first kappa shape index (κ1) is 21.5. The molecule has 0 aliphatic carbocycles. The van der Waals surface area contributed by atoms with Crippen molar-refractivity contribution < 1.29 is 18.3 Å². The molecule has 0 radical (unpaired) electrons. The summed E-state index contributed by atoms with van der Waals surface area (Å²) in [6.45, 7) is 5.18. The number of nitrogens with one attached hydrogen (secondary N) is 1. The Bertz CT molecular complexity index is 1030. The molecule has 30 heavy (non-hydrogen) atoms. The van der Waals surface area contributed by atoms with Gasteiger partial charge in [-0.25, -0.2) is 18.7 Å². The lowest BCUT2D eigenvalue weighted by Gasteiger charge is -2.19. The molecule has 0 aromatic carbocycles. The van der Waals surface area contributed by atoms with E-state index in [1.165, 1.54) is 24.9 Å². The average Bonchev–Trinajstić information content (AvgIpc) is 3.16. The summed E-state index contributed by atoms with van der Waals surface area (Å²) in [7, 11) is 1.48. The normalized spacial score (nSPS) is 11.1. The Morgan fingerprint density at radius 2 is 2.00 bits per heavy atom. The molecule has 0 aliphatic rings. The highest BCUT2D eigenvalue weighted by atomic mass is 32.1. The molecule has 158 valence electrons. The number of hydrogen-bond donors (Lipinski definition) is 1. The third kappa shape index (κ3) is 5.03. The van der Waals surface area contributed by atoms with Crippen LogP contribution in [0.5, 0.6) is 5.75 Å². The second-order valence-electron chi connectivity index (χ2n) is 6.61. The second-order valence-corrected chi connectivity index (χ2v) is 7.36. The first-order valence-electron chi connectivity index (χ1n) is 9.00. The van der Waals surface area contributed by atoms with E-state index >= 15 is 0 Å². The molecule has 0 spiro atoms. The van der Waals surface area contributed by atoms with Gasteiger partial charge in [0.25, 0.3) is 6.43 Å². The molecule has 0 saturated carbocycles. The van der Waals surface area contributed by atoms with Gasteiger partial charge in [0.05, 0.1) is 18.0 Å². The van der Waals surface area contributed by atoms with Gasteiger partial charge in [0.15, 0.2) is 11.6 Å². The molecule has 8 nitrogen and oxygen atoms in total. The monoisotopic (exact) mass is 434 g/mol. The van der Waals surface area contributed by atoms with Crippen LogP contribution < -0.4 is 15.0 Å². The van der Waals surface area contributed by atoms with Gasteiger partial charge in [-0.2, -0.15) is 9.36 Å². The number of anilines is 3. The minimum atomic E-state index is -2.70. The van der Waals surface area contributed by atoms with Crippen LogP contribution in [0.2, 0.25) is 0 Å². The van der Waals surface area contributed by atoms with Gasteiger partial charge >= 0.3 is 0 Å². The molecular weight excluding hydrogens is 414 g/mol. The van der Waals surface area contributed by atoms with Crippen molar-refractivity contribution in [3.8, 4) is 17.3 Å². The van der Waals surface area contributed by atoms with E-state index in [1.807, 2.05) is 13.8 Å². The summed E-state index contributed by atoms with van der Waals surface area (Å²) in [5, 5.41) is 3.32. The Morgan fingerprint density at radius 3 is 2.60 bits per heavy atom. The van der Waals surface area contributed by atoms with Gasteiger partial charge in [0.1, 0.15) is 11.4 Å². The van der Waals surface area contributed by atoms with Crippen molar-refractivity contribution in [2.75, 3.05) is 17.3 Å². The number of carbonyl (C=O) groups excluding carboxylic acids is 1. The van der Waals surface area contributed by atoms with Gasteiger partial charge < -0.3 is 15.0 Å². The van der Waals surface area contributed by atoms with E-state index in [4.69, 9.17) is 4.74 Å². The summed E-state index contributed by atoms with van der Waals surface area (Å²) >= 11 is 1.06. The fourth-order valence-corrected chi connectivity index (χ4v) is 3.02. The zero-order chi connectivity index (χ0) is 21.8. The largest absolute Gasteiger partial charge is 0.489 e. The summed E-state index contributed by atoms with van der Waals surface area (Å²) in [6, 6.07) is 4.74. The first-order chi connectivity index (χ1) is 14.2. The molecule has 0 bridgehead atoms. The molecule has 1 amide bonds. The van der Waals surface area contributed by atoms with E-state index in [-0.39, 0.29) is 29.1 Å². The van der Waals surface area contributed by atoms with E-state index in [0.717, 1.165) is 17.7 Å². The van der Waals surface area contributed by atoms with Crippen molar-refractivity contribution in [2.45, 2.75) is 33.3 Å². The molecule has 0 unspecified atom stereocenters. The van der Waals surface area contributed by atoms with Crippen LogP contribution in [0, 0.1) is 0 Å². The Labute approximate surface area is 176 Å². The quantitative estimate of drug-likeness (QED) is 0.587. The van der Waals surface area contributed by atoms with Gasteiger partial charge in [0, 0.05) is 37.3 Å². The van der Waals surface area contributed by atoms with Crippen molar-refractivity contribution >= 4 is 34.1 Å². The molecule has 3 aromatic heterocycles. The van der Waals surface area contributed by atoms with E-state index < -0.39 is 6.43 Å². The van der Waals surface area contributed by atoms with Gasteiger partial charge in [-0.15, -0.1) is 0 Å². The van der Waals surface area contributed by atoms with E-state index in [2.05, 4.69) is 24.6 Å². The summed E-state index contributed by atoms with van der Waals surface area (Å²) in [6.07, 6.45) is -0.0141. The van der Waals surface area contributed by atoms with Crippen LogP contribution in [-0.4, -0.2) is 38.4 Å². The summed E-state index contributed by atoms with van der Waals surface area (Å²) in [4.78, 5) is 25.7. The van der Waals surface area contributed by atoms with Crippen molar-refractivity contribution in [3.63, 3.8) is 0 Å². The maximum absolute atomic E-state index is 13.1. The number of hydrogen-bond acceptors (Lipinski definition) is 8. The number of nitrogens with zero attached hydrogens (tertiary/aromatic N) is 5. The van der Waals surface area contributed by atoms with Crippen molar-refractivity contribution in [3.05, 3.63) is 36.2 Å². The topological polar surface area (TPSA) is 93.1 Å². The standard InChI is InChI=1S/C19H20F2N6O2S/c1-10(2)29-13-5-6-14(22-9-13)17-24-19(30-26-17)25-18-15(27(4)11(3)28)7-12(8-23-18)16(20)21/h5-10,16H,1-4H3,(H,23,24,25,26). The van der Waals surface area contributed by atoms with Crippen LogP contribution >= 0.6 is 11.5 Å². The predicted octanol–water partition coefficient (Wildman–Crippen LogP) is 4.45. The summed E-state index contributed by atoms with van der Waals surface area (Å²) in [5.41, 5.74) is 0.484. The fourth-order valence-electron chi connectivity index (χ4n) is 2.44. The van der Waals surface area contributed by atoms with E-state index in [0.29, 0.717) is 22.4 Å². The molecule has 0 saturated heterocycles. The molecule has 11 heteroatoms. The lowest BCUT2D eigenvalue weighted by Crippen LogP contribution is -2.24. The number of pyridine rings is 2. The SMILES string of the molecule is CC(=O)N(C)c1cc(C(F)F)cnc1Nc1nc(-c2ccc(OC(C)C)cn2)ns1. The Balaban J connectivity index is 1.84. The Kier molecular flexibility index (Phi) is 6.50. The molecule has 0 fully saturated rings. The first-order valence-corrected chi connectivity index (χ1v) is 9.78. The molecule has 3 heterocycles. The fraction of sp³-hybridized carbons (Fsp3) is 0.316. The number of ether oxygens (including phenoxy) is 1. The second kappa shape index (κ2) is 9.08. The maximum atomic E-state index is 13.1. The summed E-state index contributed by atoms with van der Waals surface area (Å²) < 4.78 is 35.9. The molecular formula is C19H20F2N6O2S. The van der Waals surface area contributed by atoms with Gasteiger partial charge in [-0.3, -0.25) is 4.79 Å². The Hall–Kier alpha value is -3.21. The van der Waals surface area contributed by atoms with Crippen LogP contribution in [0.1, 0.15) is 32.8 Å². The van der Waals surface area contributed by atoms with Gasteiger partial charge in [-0.1, -0.05) is 0 Å². The van der Waals surface area contributed by atoms with Crippen LogP contribution in [0.25, 0.3) is 11.5 Å². The lowest BCUT2D eigenvalue weighted by atomic mass is 10.2. The molecule has 3 rings (SSSR count). The predicted molar refractivity (Wildman–Crippen MR) is 110 cm³/mol. The number of alkyl halides is 2. The van der Waals surface area contributed by atoms with Crippen molar-refractivity contribution in [1.82, 2.24) is 19.3 Å². The zero-order valence-corrected chi connectivity index (χ0v) is 17.6. The highest BCUT2D eigenvalue weighted by Crippen LogP contribution is 2.32. The van der Waals surface area contributed by atoms with Crippen LogP contribution in [0.3, 0.4) is 0 Å². The minimum Gasteiger partial charge on any atom is -0.489 e. The summed E-state index contributed by atoms with van der Waals surface area (Å²) in [5.74, 6) is 0.928. The number of aromatic nitrogens is 4. The average molecular weight is 434 g/mol. The van der Waals surface area contributed by atoms with E-state index in [9.17, 15) is 13.6 Å². The number of carbonyl (C=O) groups is 1. The third-order valence-electron chi connectivity index (χ3n) is 3.96. The van der Waals surface area contributed by atoms with Gasteiger partial charge in [-0.05, 0) is 32.0 Å². The molecule has 3 aromatic rings. The van der Waals surface area contributed by atoms with Gasteiger partial charge in [0.2, 0.25) is 11.0 Å². The zero-order valence-electron chi connectivity index (χ0n) is 16.8. The molecule has 0 atom stereocenters. The lowest BCUT2D eigenvalue weighted by molar-refractivity contribution is -0.116. The number of amides is 1. The Morgan fingerprint density at radius 1 is 1.23 bits per heavy atom. The van der Waals surface area contributed by atoms with Crippen LogP contribution in [0.4, 0.5) is 25.4 Å². The van der Waals surface area contributed by atoms with Crippen molar-refractivity contribution in [1.29, 1.82) is 0 Å². The highest BCUT2D eigenvalue weighted by molar-refractivity contribution is 7.09. The van der Waals surface area contributed by atoms with Crippen molar-refractivity contribution in [2.24, 2.45) is 0 Å². The number of rotatable bonds is 7. The molecule has 1 N–H and O–H groups in total. The van der Waals surface area contributed by atoms with Crippen LogP contribution in [0.15, 0.2) is 30.6 Å². The van der Waals surface area contributed by atoms with Crippen LogP contribution in [-0.2, 0) is 4.79 Å². The third-order valence-corrected chi connectivity index (χ3v) is 4.59. The maximum Gasteiger partial charge on any atom is 0.265 e. The smallest absolute Gasteiger partial charge is 0.265 e.